The Hall–Kier alpha value is 4.64. The molecule has 0 heterocycles. The van der Waals surface area contributed by atoms with Crippen LogP contribution < -0.4 is 0 Å². The van der Waals surface area contributed by atoms with Crippen molar-refractivity contribution in [1.29, 1.82) is 0 Å². The van der Waals surface area contributed by atoms with E-state index in [1.54, 1.807) is 0 Å². The van der Waals surface area contributed by atoms with E-state index in [9.17, 15) is 0 Å². The monoisotopic (exact) mass is 338 g/mol. The molecule has 0 saturated heterocycles. The van der Waals surface area contributed by atoms with Gasteiger partial charge in [0, 0.05) is 36.5 Å². The summed E-state index contributed by atoms with van der Waals surface area (Å²) in [6.07, 6.45) is 0. The molecule has 0 aromatic carbocycles. The van der Waals surface area contributed by atoms with Crippen LogP contribution in [0.2, 0.25) is 0 Å². The fourth-order valence-electron chi connectivity index (χ4n) is 0. The maximum atomic E-state index is 3.43. The Labute approximate surface area is 131 Å². The molecule has 1 radical (unpaired) electrons. The molecule has 0 bridgehead atoms. The van der Waals surface area contributed by atoms with Crippen LogP contribution in [0, 0.1) is 0 Å². The fraction of sp³-hybridized carbons (Fsp3) is 0. The molecule has 1 atom stereocenters. The summed E-state index contributed by atoms with van der Waals surface area (Å²) in [5.74, 6) is 0.646. The van der Waals surface area contributed by atoms with Crippen LogP contribution in [0.3, 0.4) is 0 Å². The maximum absolute atomic E-state index is 3.43. The van der Waals surface area contributed by atoms with E-state index in [4.69, 9.17) is 0 Å². The summed E-state index contributed by atoms with van der Waals surface area (Å²) >= 11 is 6.49. The third kappa shape index (κ3) is 36.9. The molecule has 7 heavy (non-hydrogen) atoms. The van der Waals surface area contributed by atoms with Gasteiger partial charge >= 0.3 is 97.9 Å². The second kappa shape index (κ2) is 31.1. The minimum atomic E-state index is 0. The molecular weight excluding hydrogens is 335 g/mol. The SMILES string of the molecule is [CaH2].[Cu].[MgH2].[Mn][PH][Fe].[Zn]. The molecule has 0 spiro atoms. The van der Waals surface area contributed by atoms with Crippen molar-refractivity contribution in [1.82, 2.24) is 0 Å². The largest absolute Gasteiger partial charge is 0 e. The van der Waals surface area contributed by atoms with E-state index in [0.29, 0.717) is 5.96 Å². The summed E-state index contributed by atoms with van der Waals surface area (Å²) < 4.78 is 0. The van der Waals surface area contributed by atoms with Gasteiger partial charge in [-0.25, -0.2) is 0 Å². The summed E-state index contributed by atoms with van der Waals surface area (Å²) in [7, 11) is 0. The Balaban J connectivity index is -0.00000000333. The zero-order valence-electron chi connectivity index (χ0n) is 2.24. The van der Waals surface area contributed by atoms with E-state index < -0.39 is 0 Å². The average Bonchev–Trinajstić information content (AvgIpc) is 0.918. The first kappa shape index (κ1) is 29.9. The summed E-state index contributed by atoms with van der Waals surface area (Å²) in [5, 5.41) is 0. The second-order valence-electron chi connectivity index (χ2n) is 0.0668. The molecule has 0 aromatic heterocycles. The number of rotatable bonds is 0. The molecule has 1 unspecified atom stereocenters. The van der Waals surface area contributed by atoms with Crippen LogP contribution >= 0.6 is 5.96 Å². The van der Waals surface area contributed by atoms with Gasteiger partial charge in [0.25, 0.3) is 0 Å². The summed E-state index contributed by atoms with van der Waals surface area (Å²) in [6.45, 7) is 0. The molecule has 0 amide bonds. The van der Waals surface area contributed by atoms with Crippen LogP contribution in [-0.4, -0.2) is 60.8 Å². The van der Waals surface area contributed by atoms with Crippen LogP contribution in [0.5, 0.6) is 0 Å². The Kier molecular flexibility index (Phi) is 133. The van der Waals surface area contributed by atoms with E-state index in [1.165, 1.54) is 0 Å². The molecule has 0 aromatic rings. The van der Waals surface area contributed by atoms with Crippen LogP contribution in [0.4, 0.5) is 0 Å². The van der Waals surface area contributed by atoms with Gasteiger partial charge in [0.1, 0.15) is 0 Å². The van der Waals surface area contributed by atoms with Crippen LogP contribution in [0.1, 0.15) is 0 Å². The predicted molar refractivity (Wildman–Crippen MR) is 25.4 cm³/mol. The van der Waals surface area contributed by atoms with Gasteiger partial charge < -0.3 is 0 Å². The Morgan fingerprint density at radius 3 is 1.43 bits per heavy atom. The van der Waals surface area contributed by atoms with E-state index in [0.717, 1.165) is 0 Å². The molecule has 7 heteroatoms. The standard InChI is InChI=1S/Ca.Cu.Fe.Mg.Mn.HP.Zn.4H/h;;;;;1H;;;;;. The molecule has 0 aliphatic rings. The van der Waals surface area contributed by atoms with E-state index in [-0.39, 0.29) is 97.3 Å². The zero-order valence-corrected chi connectivity index (χ0v) is 9.43. The first-order valence-electron chi connectivity index (χ1n) is 0.366. The Morgan fingerprint density at radius 1 is 1.43 bits per heavy atom. The van der Waals surface area contributed by atoms with Crippen molar-refractivity contribution in [3.63, 3.8) is 0 Å². The minimum absolute atomic E-state index is 0. The maximum Gasteiger partial charge on any atom is 0 e. The molecule has 42 valence electrons. The topological polar surface area (TPSA) is 0 Å². The van der Waals surface area contributed by atoms with Crippen LogP contribution in [-0.2, 0) is 67.7 Å². The number of hydrogen-bond donors (Lipinski definition) is 0. The molecule has 0 rings (SSSR count). The van der Waals surface area contributed by atoms with Gasteiger partial charge in [-0.15, -0.1) is 0 Å². The van der Waals surface area contributed by atoms with E-state index >= 15 is 0 Å². The van der Waals surface area contributed by atoms with E-state index in [2.05, 4.69) is 31.1 Å². The molecule has 0 saturated carbocycles. The average molecular weight is 340 g/mol. The molecule has 0 aliphatic heterocycles. The van der Waals surface area contributed by atoms with Crippen molar-refractivity contribution in [3.8, 4) is 0 Å². The third-order valence-corrected chi connectivity index (χ3v) is 0. The quantitative estimate of drug-likeness (QED) is 0.382. The Bertz CT molecular complexity index is 19.7. The van der Waals surface area contributed by atoms with Gasteiger partial charge in [-0.2, -0.15) is 0 Å². The van der Waals surface area contributed by atoms with Gasteiger partial charge in [0.2, 0.25) is 0 Å². The first-order valence-corrected chi connectivity index (χ1v) is 4.52. The summed E-state index contributed by atoms with van der Waals surface area (Å²) in [4.78, 5) is 0. The van der Waals surface area contributed by atoms with Crippen molar-refractivity contribution < 1.29 is 67.7 Å². The van der Waals surface area contributed by atoms with Gasteiger partial charge in [-0.05, 0) is 0 Å². The normalized spacial score (nSPS) is 4.29. The van der Waals surface area contributed by atoms with Crippen LogP contribution in [0.15, 0.2) is 0 Å². The molecular formula is H5CaCuFeMgMnPZn. The van der Waals surface area contributed by atoms with E-state index in [1.807, 2.05) is 0 Å². The predicted octanol–water partition coefficient (Wildman–Crippen LogP) is -1.25. The van der Waals surface area contributed by atoms with Gasteiger partial charge in [-0.3, -0.25) is 0 Å². The third-order valence-electron chi connectivity index (χ3n) is 0. The first-order chi connectivity index (χ1) is 1.41. The smallest absolute Gasteiger partial charge is 0 e. The van der Waals surface area contributed by atoms with Crippen molar-refractivity contribution in [2.24, 2.45) is 0 Å². The molecule has 0 fully saturated rings. The molecule has 0 N–H and O–H groups in total. The van der Waals surface area contributed by atoms with Gasteiger partial charge in [0.15, 0.2) is 0 Å². The Morgan fingerprint density at radius 2 is 1.43 bits per heavy atom. The van der Waals surface area contributed by atoms with Gasteiger partial charge in [-0.1, -0.05) is 0 Å². The summed E-state index contributed by atoms with van der Waals surface area (Å²) in [5.41, 5.74) is 0. The van der Waals surface area contributed by atoms with Crippen molar-refractivity contribution >= 4 is 66.8 Å². The molecule has 0 aliphatic carbocycles. The van der Waals surface area contributed by atoms with Crippen molar-refractivity contribution in [2.45, 2.75) is 0 Å². The second-order valence-corrected chi connectivity index (χ2v) is 3.41. The molecule has 0 nitrogen and oxygen atoms in total. The fourth-order valence-corrected chi connectivity index (χ4v) is 0. The van der Waals surface area contributed by atoms with Gasteiger partial charge in [0.05, 0.1) is 0 Å². The minimum Gasteiger partial charge on any atom is 0 e. The van der Waals surface area contributed by atoms with Crippen molar-refractivity contribution in [2.75, 3.05) is 0 Å². The van der Waals surface area contributed by atoms with Crippen molar-refractivity contribution in [3.05, 3.63) is 0 Å². The number of hydrogen-bond acceptors (Lipinski definition) is 0. The summed E-state index contributed by atoms with van der Waals surface area (Å²) in [6, 6.07) is 0. The van der Waals surface area contributed by atoms with Crippen LogP contribution in [0.25, 0.3) is 0 Å². The zero-order chi connectivity index (χ0) is 2.71.